The molecule has 5 heteroatoms. The van der Waals surface area contributed by atoms with Crippen LogP contribution < -0.4 is 5.73 Å². The molecule has 0 saturated carbocycles. The van der Waals surface area contributed by atoms with Crippen LogP contribution in [0.3, 0.4) is 0 Å². The minimum absolute atomic E-state index is 0.114. The molecule has 1 unspecified atom stereocenters. The van der Waals surface area contributed by atoms with Gasteiger partial charge in [0.2, 0.25) is 0 Å². The van der Waals surface area contributed by atoms with Crippen molar-refractivity contribution in [3.8, 4) is 0 Å². The van der Waals surface area contributed by atoms with Gasteiger partial charge in [-0.25, -0.2) is 0 Å². The first kappa shape index (κ1) is 10.7. The molecule has 3 rings (SSSR count). The van der Waals surface area contributed by atoms with Crippen molar-refractivity contribution in [3.05, 3.63) is 47.5 Å². The predicted octanol–water partition coefficient (Wildman–Crippen LogP) is 1.40. The SMILES string of the molecule is NC1(S(=O)(=O)O)Cc2cccc3cccc1c23. The quantitative estimate of drug-likeness (QED) is 0.748. The molecule has 88 valence electrons. The lowest BCUT2D eigenvalue weighted by atomic mass is 10.0. The van der Waals surface area contributed by atoms with E-state index in [1.54, 1.807) is 12.1 Å². The molecule has 3 N–H and O–H groups in total. The van der Waals surface area contributed by atoms with Gasteiger partial charge < -0.3 is 5.73 Å². The van der Waals surface area contributed by atoms with Crippen molar-refractivity contribution in [2.24, 2.45) is 5.73 Å². The maximum atomic E-state index is 11.5. The Hall–Kier alpha value is -1.43. The van der Waals surface area contributed by atoms with Gasteiger partial charge in [-0.15, -0.1) is 0 Å². The Morgan fingerprint density at radius 2 is 1.82 bits per heavy atom. The predicted molar refractivity (Wildman–Crippen MR) is 65.1 cm³/mol. The molecule has 1 aliphatic carbocycles. The van der Waals surface area contributed by atoms with Gasteiger partial charge in [0.25, 0.3) is 10.1 Å². The highest BCUT2D eigenvalue weighted by molar-refractivity contribution is 7.86. The van der Waals surface area contributed by atoms with Crippen LogP contribution in [0.1, 0.15) is 11.1 Å². The minimum Gasteiger partial charge on any atom is -0.307 e. The van der Waals surface area contributed by atoms with Crippen LogP contribution in [-0.4, -0.2) is 13.0 Å². The Bertz CT molecular complexity index is 718. The summed E-state index contributed by atoms with van der Waals surface area (Å²) in [6, 6.07) is 10.9. The van der Waals surface area contributed by atoms with Crippen molar-refractivity contribution in [1.29, 1.82) is 0 Å². The normalized spacial score (nSPS) is 23.2. The summed E-state index contributed by atoms with van der Waals surface area (Å²) in [4.78, 5) is -1.71. The summed E-state index contributed by atoms with van der Waals surface area (Å²) in [6.45, 7) is 0. The topological polar surface area (TPSA) is 80.4 Å². The summed E-state index contributed by atoms with van der Waals surface area (Å²) in [7, 11) is -4.34. The third-order valence-corrected chi connectivity index (χ3v) is 4.65. The van der Waals surface area contributed by atoms with Crippen LogP contribution in [0.15, 0.2) is 36.4 Å². The Balaban J connectivity index is 2.45. The van der Waals surface area contributed by atoms with Crippen molar-refractivity contribution >= 4 is 20.9 Å². The van der Waals surface area contributed by atoms with Gasteiger partial charge in [-0.05, 0) is 21.9 Å². The summed E-state index contributed by atoms with van der Waals surface area (Å²) >= 11 is 0. The highest BCUT2D eigenvalue weighted by Crippen LogP contribution is 2.41. The zero-order chi connectivity index (χ0) is 12.3. The lowest BCUT2D eigenvalue weighted by Gasteiger charge is -2.21. The van der Waals surface area contributed by atoms with Crippen LogP contribution in [0.4, 0.5) is 0 Å². The molecule has 0 fully saturated rings. The number of rotatable bonds is 1. The minimum atomic E-state index is -4.34. The molecule has 0 radical (unpaired) electrons. The molecular weight excluding hydrogens is 238 g/mol. The van der Waals surface area contributed by atoms with E-state index in [1.165, 1.54) is 0 Å². The fraction of sp³-hybridized carbons (Fsp3) is 0.167. The maximum Gasteiger partial charge on any atom is 0.288 e. The molecule has 0 heterocycles. The monoisotopic (exact) mass is 249 g/mol. The Morgan fingerprint density at radius 3 is 2.47 bits per heavy atom. The van der Waals surface area contributed by atoms with E-state index >= 15 is 0 Å². The van der Waals surface area contributed by atoms with Gasteiger partial charge in [-0.2, -0.15) is 8.42 Å². The van der Waals surface area contributed by atoms with Crippen LogP contribution in [0.2, 0.25) is 0 Å². The molecule has 0 aliphatic heterocycles. The zero-order valence-electron chi connectivity index (χ0n) is 8.92. The van der Waals surface area contributed by atoms with E-state index in [9.17, 15) is 13.0 Å². The van der Waals surface area contributed by atoms with E-state index in [1.807, 2.05) is 24.3 Å². The zero-order valence-corrected chi connectivity index (χ0v) is 9.74. The van der Waals surface area contributed by atoms with Crippen molar-refractivity contribution < 1.29 is 13.0 Å². The molecular formula is C12H11NO3S. The third-order valence-electron chi connectivity index (χ3n) is 3.36. The molecule has 1 atom stereocenters. The average Bonchev–Trinajstić information content (AvgIpc) is 2.56. The summed E-state index contributed by atoms with van der Waals surface area (Å²) in [5.41, 5.74) is 7.24. The van der Waals surface area contributed by atoms with Crippen molar-refractivity contribution in [2.45, 2.75) is 11.3 Å². The number of hydrogen-bond donors (Lipinski definition) is 2. The second kappa shape index (κ2) is 3.07. The van der Waals surface area contributed by atoms with Crippen LogP contribution in [0.25, 0.3) is 10.8 Å². The van der Waals surface area contributed by atoms with Gasteiger partial charge in [0.1, 0.15) is 0 Å². The van der Waals surface area contributed by atoms with E-state index < -0.39 is 15.0 Å². The molecule has 0 aromatic heterocycles. The highest BCUT2D eigenvalue weighted by Gasteiger charge is 2.46. The van der Waals surface area contributed by atoms with Gasteiger partial charge in [0.15, 0.2) is 4.87 Å². The standard InChI is InChI=1S/C12H11NO3S/c13-12(17(14,15)16)7-9-5-1-3-8-4-2-6-10(12)11(8)9/h1-6H,7,13H2,(H,14,15,16). The molecule has 0 bridgehead atoms. The smallest absolute Gasteiger partial charge is 0.288 e. The fourth-order valence-corrected chi connectivity index (χ4v) is 3.31. The molecule has 17 heavy (non-hydrogen) atoms. The van der Waals surface area contributed by atoms with E-state index in [0.29, 0.717) is 5.56 Å². The molecule has 2 aromatic carbocycles. The van der Waals surface area contributed by atoms with E-state index in [0.717, 1.165) is 16.3 Å². The Morgan fingerprint density at radius 1 is 1.18 bits per heavy atom. The maximum absolute atomic E-state index is 11.5. The van der Waals surface area contributed by atoms with E-state index in [-0.39, 0.29) is 6.42 Å². The Kier molecular flexibility index (Phi) is 1.93. The summed E-state index contributed by atoms with van der Waals surface area (Å²) in [5.74, 6) is 0. The first-order chi connectivity index (χ1) is 7.93. The molecule has 4 nitrogen and oxygen atoms in total. The lowest BCUT2D eigenvalue weighted by Crippen LogP contribution is -2.44. The number of hydrogen-bond acceptors (Lipinski definition) is 3. The average molecular weight is 249 g/mol. The van der Waals surface area contributed by atoms with Gasteiger partial charge in [0.05, 0.1) is 0 Å². The largest absolute Gasteiger partial charge is 0.307 e. The number of benzene rings is 2. The van der Waals surface area contributed by atoms with Gasteiger partial charge in [-0.1, -0.05) is 36.4 Å². The summed E-state index contributed by atoms with van der Waals surface area (Å²) in [6.07, 6.45) is 0.114. The Labute approximate surface area is 98.8 Å². The second-order valence-electron chi connectivity index (χ2n) is 4.36. The van der Waals surface area contributed by atoms with Crippen molar-refractivity contribution in [3.63, 3.8) is 0 Å². The lowest BCUT2D eigenvalue weighted by molar-refractivity contribution is 0.431. The van der Waals surface area contributed by atoms with Crippen LogP contribution in [0.5, 0.6) is 0 Å². The summed E-state index contributed by atoms with van der Waals surface area (Å²) in [5, 5.41) is 1.78. The van der Waals surface area contributed by atoms with E-state index in [4.69, 9.17) is 5.73 Å². The van der Waals surface area contributed by atoms with Gasteiger partial charge in [0, 0.05) is 6.42 Å². The van der Waals surface area contributed by atoms with Gasteiger partial charge in [-0.3, -0.25) is 4.55 Å². The first-order valence-corrected chi connectivity index (χ1v) is 6.64. The van der Waals surface area contributed by atoms with Crippen molar-refractivity contribution in [1.82, 2.24) is 0 Å². The van der Waals surface area contributed by atoms with Crippen molar-refractivity contribution in [2.75, 3.05) is 0 Å². The van der Waals surface area contributed by atoms with Crippen LogP contribution >= 0.6 is 0 Å². The highest BCUT2D eigenvalue weighted by atomic mass is 32.2. The molecule has 2 aromatic rings. The molecule has 0 spiro atoms. The summed E-state index contributed by atoms with van der Waals surface area (Å²) < 4.78 is 32.3. The number of nitrogens with two attached hydrogens (primary N) is 1. The molecule has 1 aliphatic rings. The molecule has 0 saturated heterocycles. The van der Waals surface area contributed by atoms with E-state index in [2.05, 4.69) is 0 Å². The van der Waals surface area contributed by atoms with Gasteiger partial charge >= 0.3 is 0 Å². The van der Waals surface area contributed by atoms with Crippen LogP contribution in [-0.2, 0) is 21.4 Å². The second-order valence-corrected chi connectivity index (χ2v) is 6.04. The molecule has 0 amide bonds. The first-order valence-electron chi connectivity index (χ1n) is 5.20. The third kappa shape index (κ3) is 1.27. The van der Waals surface area contributed by atoms with Crippen LogP contribution in [0, 0.1) is 0 Å². The fourth-order valence-electron chi connectivity index (χ4n) is 2.53.